The van der Waals surface area contributed by atoms with Crippen LogP contribution in [0.2, 0.25) is 0 Å². The Balaban J connectivity index is 1.65. The number of hydrogen-bond acceptors (Lipinski definition) is 3. The summed E-state index contributed by atoms with van der Waals surface area (Å²) in [7, 11) is 0. The van der Waals surface area contributed by atoms with Crippen LogP contribution in [-0.4, -0.2) is 44.9 Å². The van der Waals surface area contributed by atoms with Crippen molar-refractivity contribution < 1.29 is 18.4 Å². The summed E-state index contributed by atoms with van der Waals surface area (Å²) in [6.07, 6.45) is 3.25. The first-order valence-electron chi connectivity index (χ1n) is 10.7. The zero-order valence-corrected chi connectivity index (χ0v) is 17.9. The molecule has 0 saturated carbocycles. The molecule has 2 heterocycles. The molecule has 4 rings (SSSR count). The fourth-order valence-corrected chi connectivity index (χ4v) is 5.03. The van der Waals surface area contributed by atoms with E-state index >= 15 is 0 Å². The monoisotopic (exact) mass is 427 g/mol. The van der Waals surface area contributed by atoms with E-state index < -0.39 is 30.8 Å². The zero-order valence-electron chi connectivity index (χ0n) is 17.9. The van der Waals surface area contributed by atoms with Crippen molar-refractivity contribution in [3.05, 3.63) is 65.0 Å². The second-order valence-corrected chi connectivity index (χ2v) is 8.68. The third kappa shape index (κ3) is 4.05. The lowest BCUT2D eigenvalue weighted by Crippen LogP contribution is -2.38. The van der Waals surface area contributed by atoms with Gasteiger partial charge in [0.2, 0.25) is 5.91 Å². The van der Waals surface area contributed by atoms with E-state index in [4.69, 9.17) is 5.10 Å². The van der Waals surface area contributed by atoms with Gasteiger partial charge in [0, 0.05) is 18.0 Å². The molecule has 7 heteroatoms. The highest BCUT2D eigenvalue weighted by atomic mass is 19.3. The van der Waals surface area contributed by atoms with Crippen molar-refractivity contribution in [1.29, 1.82) is 0 Å². The van der Waals surface area contributed by atoms with Crippen molar-refractivity contribution in [3.8, 4) is 0 Å². The number of carbonyl (C=O) groups excluding carboxylic acids is 2. The number of alkyl halides is 2. The Morgan fingerprint density at radius 2 is 2.00 bits per heavy atom. The zero-order chi connectivity index (χ0) is 22.3. The number of carbonyl (C=O) groups is 2. The van der Waals surface area contributed by atoms with E-state index in [0.29, 0.717) is 11.3 Å². The highest BCUT2D eigenvalue weighted by Gasteiger charge is 2.46. The van der Waals surface area contributed by atoms with Gasteiger partial charge >= 0.3 is 0 Å². The molecule has 1 saturated heterocycles. The number of amides is 1. The lowest BCUT2D eigenvalue weighted by molar-refractivity contribution is -0.128. The van der Waals surface area contributed by atoms with Crippen LogP contribution < -0.4 is 0 Å². The summed E-state index contributed by atoms with van der Waals surface area (Å²) in [6.45, 7) is 6.27. The molecule has 1 amide bonds. The minimum atomic E-state index is -2.94. The summed E-state index contributed by atoms with van der Waals surface area (Å²) in [5.41, 5.74) is 4.58. The molecular formula is C24H27F2N3O2. The van der Waals surface area contributed by atoms with Gasteiger partial charge in [-0.3, -0.25) is 14.3 Å². The maximum Gasteiger partial charge on any atom is 0.267 e. The summed E-state index contributed by atoms with van der Waals surface area (Å²) >= 11 is 0. The lowest BCUT2D eigenvalue weighted by atomic mass is 9.81. The number of aromatic nitrogens is 2. The second kappa shape index (κ2) is 8.02. The largest absolute Gasteiger partial charge is 0.328 e. The topological polar surface area (TPSA) is 55.2 Å². The van der Waals surface area contributed by atoms with Crippen LogP contribution in [0, 0.1) is 6.92 Å². The van der Waals surface area contributed by atoms with Gasteiger partial charge in [0.1, 0.15) is 0 Å². The fraction of sp³-hybridized carbons (Fsp3) is 0.458. The number of nitrogens with zero attached hydrogens (tertiary/aromatic N) is 3. The minimum absolute atomic E-state index is 0.0756. The van der Waals surface area contributed by atoms with E-state index in [2.05, 4.69) is 18.7 Å². The number of fused-ring (bicyclic) bond motifs is 1. The van der Waals surface area contributed by atoms with E-state index in [-0.39, 0.29) is 18.2 Å². The Bertz CT molecular complexity index is 1040. The van der Waals surface area contributed by atoms with E-state index in [0.717, 1.165) is 35.9 Å². The normalized spacial score (nSPS) is 22.3. The van der Waals surface area contributed by atoms with Gasteiger partial charge in [-0.05, 0) is 50.3 Å². The van der Waals surface area contributed by atoms with Crippen LogP contribution in [0.4, 0.5) is 8.78 Å². The predicted molar refractivity (Wildman–Crippen MR) is 113 cm³/mol. The second-order valence-electron chi connectivity index (χ2n) is 8.68. The average Bonchev–Trinajstić information content (AvgIpc) is 3.23. The summed E-state index contributed by atoms with van der Waals surface area (Å²) in [6, 6.07) is 7.60. The number of rotatable bonds is 5. The SMILES string of the molecule is C=CC(=O)N1CC(F)(F)C[C@H]1Cn1nc(C2CCc3ccccc3C2)c(C(C)=O)c1C. The number of likely N-dealkylation sites (tertiary alicyclic amines) is 1. The van der Waals surface area contributed by atoms with Gasteiger partial charge < -0.3 is 4.90 Å². The molecule has 0 radical (unpaired) electrons. The van der Waals surface area contributed by atoms with Crippen LogP contribution in [0.5, 0.6) is 0 Å². The van der Waals surface area contributed by atoms with Crippen molar-refractivity contribution in [2.45, 2.75) is 64.0 Å². The lowest BCUT2D eigenvalue weighted by Gasteiger charge is -2.24. The van der Waals surface area contributed by atoms with Gasteiger partial charge in [0.05, 0.1) is 30.4 Å². The predicted octanol–water partition coefficient (Wildman–Crippen LogP) is 4.09. The van der Waals surface area contributed by atoms with Crippen molar-refractivity contribution in [3.63, 3.8) is 0 Å². The number of ketones is 1. The quantitative estimate of drug-likeness (QED) is 0.534. The van der Waals surface area contributed by atoms with Crippen LogP contribution >= 0.6 is 0 Å². The number of Topliss-reactive ketones (excluding diaryl/α,β-unsaturated/α-hetero) is 1. The molecule has 1 aliphatic heterocycles. The molecule has 1 fully saturated rings. The molecule has 2 aromatic rings. The number of hydrogen-bond donors (Lipinski definition) is 0. The third-order valence-corrected chi connectivity index (χ3v) is 6.54. The van der Waals surface area contributed by atoms with Crippen molar-refractivity contribution in [2.75, 3.05) is 6.54 Å². The van der Waals surface area contributed by atoms with Gasteiger partial charge in [0.25, 0.3) is 5.92 Å². The van der Waals surface area contributed by atoms with Gasteiger partial charge in [-0.25, -0.2) is 8.78 Å². The van der Waals surface area contributed by atoms with Crippen molar-refractivity contribution in [2.24, 2.45) is 0 Å². The molecule has 31 heavy (non-hydrogen) atoms. The molecule has 1 unspecified atom stereocenters. The van der Waals surface area contributed by atoms with Crippen LogP contribution in [0.1, 0.15) is 58.6 Å². The number of benzene rings is 1. The summed E-state index contributed by atoms with van der Waals surface area (Å²) in [5.74, 6) is -3.43. The van der Waals surface area contributed by atoms with Crippen LogP contribution in [0.15, 0.2) is 36.9 Å². The Labute approximate surface area is 180 Å². The fourth-order valence-electron chi connectivity index (χ4n) is 5.03. The smallest absolute Gasteiger partial charge is 0.267 e. The maximum absolute atomic E-state index is 14.1. The Morgan fingerprint density at radius 1 is 1.29 bits per heavy atom. The van der Waals surface area contributed by atoms with Crippen LogP contribution in [0.25, 0.3) is 0 Å². The summed E-state index contributed by atoms with van der Waals surface area (Å²) in [5, 5.41) is 4.75. The molecule has 1 aliphatic carbocycles. The van der Waals surface area contributed by atoms with Gasteiger partial charge in [0.15, 0.2) is 5.78 Å². The van der Waals surface area contributed by atoms with Crippen LogP contribution in [-0.2, 0) is 24.2 Å². The van der Waals surface area contributed by atoms with E-state index in [9.17, 15) is 18.4 Å². The average molecular weight is 427 g/mol. The van der Waals surface area contributed by atoms with E-state index in [1.165, 1.54) is 18.1 Å². The standard InChI is InChI=1S/C24H27F2N3O2/c1-4-21(31)28-14-24(25,26)12-20(28)13-29-15(2)22(16(3)30)23(27-29)19-10-9-17-7-5-6-8-18(17)11-19/h4-8,19-20H,1,9-14H2,2-3H3/t19?,20-/m0/s1. The van der Waals surface area contributed by atoms with E-state index in [1.54, 1.807) is 11.6 Å². The third-order valence-electron chi connectivity index (χ3n) is 6.54. The maximum atomic E-state index is 14.1. The Kier molecular flexibility index (Phi) is 5.54. The number of aryl methyl sites for hydroxylation is 1. The van der Waals surface area contributed by atoms with Crippen molar-refractivity contribution in [1.82, 2.24) is 14.7 Å². The van der Waals surface area contributed by atoms with Crippen LogP contribution in [0.3, 0.4) is 0 Å². The Morgan fingerprint density at radius 3 is 2.68 bits per heavy atom. The van der Waals surface area contributed by atoms with Gasteiger partial charge in [-0.1, -0.05) is 30.8 Å². The molecule has 0 bridgehead atoms. The van der Waals surface area contributed by atoms with Crippen molar-refractivity contribution >= 4 is 11.7 Å². The van der Waals surface area contributed by atoms with Gasteiger partial charge in [-0.15, -0.1) is 0 Å². The summed E-state index contributed by atoms with van der Waals surface area (Å²) < 4.78 is 29.8. The molecule has 0 N–H and O–H groups in total. The first kappa shape index (κ1) is 21.4. The highest BCUT2D eigenvalue weighted by Crippen LogP contribution is 2.36. The molecule has 1 aromatic carbocycles. The van der Waals surface area contributed by atoms with Gasteiger partial charge in [-0.2, -0.15) is 5.10 Å². The highest BCUT2D eigenvalue weighted by molar-refractivity contribution is 5.96. The molecule has 0 spiro atoms. The molecule has 2 atom stereocenters. The Hall–Kier alpha value is -2.83. The first-order valence-corrected chi connectivity index (χ1v) is 10.7. The molecule has 2 aliphatic rings. The number of halogens is 2. The molecule has 5 nitrogen and oxygen atoms in total. The van der Waals surface area contributed by atoms with E-state index in [1.807, 2.05) is 12.1 Å². The molecule has 164 valence electrons. The molecular weight excluding hydrogens is 400 g/mol. The molecule has 1 aromatic heterocycles. The minimum Gasteiger partial charge on any atom is -0.328 e. The first-order chi connectivity index (χ1) is 14.7. The summed E-state index contributed by atoms with van der Waals surface area (Å²) in [4.78, 5) is 25.8.